The average Bonchev–Trinajstić information content (AvgIpc) is 2.69. The average molecular weight is 384 g/mol. The molecular formula is C22H24O6. The van der Waals surface area contributed by atoms with Gasteiger partial charge in [-0.2, -0.15) is 0 Å². The van der Waals surface area contributed by atoms with Gasteiger partial charge in [-0.1, -0.05) is 60.7 Å². The second-order valence-electron chi connectivity index (χ2n) is 6.79. The summed E-state index contributed by atoms with van der Waals surface area (Å²) >= 11 is 0. The van der Waals surface area contributed by atoms with Crippen molar-refractivity contribution < 1.29 is 28.9 Å². The van der Waals surface area contributed by atoms with E-state index in [1.54, 1.807) is 0 Å². The van der Waals surface area contributed by atoms with E-state index >= 15 is 0 Å². The molecule has 0 aromatic heterocycles. The van der Waals surface area contributed by atoms with E-state index in [1.165, 1.54) is 6.92 Å². The largest absolute Gasteiger partial charge is 0.452 e. The van der Waals surface area contributed by atoms with Gasteiger partial charge in [0.05, 0.1) is 19.3 Å². The van der Waals surface area contributed by atoms with Crippen molar-refractivity contribution in [1.29, 1.82) is 0 Å². The first-order valence-corrected chi connectivity index (χ1v) is 9.23. The molecule has 3 rings (SSSR count). The van der Waals surface area contributed by atoms with E-state index in [-0.39, 0.29) is 25.4 Å². The molecule has 1 fully saturated rings. The quantitative estimate of drug-likeness (QED) is 0.739. The lowest BCUT2D eigenvalue weighted by atomic mass is 9.88. The van der Waals surface area contributed by atoms with Gasteiger partial charge in [0, 0.05) is 13.3 Å². The van der Waals surface area contributed by atoms with Gasteiger partial charge in [0.1, 0.15) is 12.2 Å². The Morgan fingerprint density at radius 1 is 0.929 bits per heavy atom. The lowest BCUT2D eigenvalue weighted by Crippen LogP contribution is -2.57. The Morgan fingerprint density at radius 3 is 1.93 bits per heavy atom. The minimum atomic E-state index is -1.11. The summed E-state index contributed by atoms with van der Waals surface area (Å²) in [5, 5.41) is 10.5. The predicted octanol–water partition coefficient (Wildman–Crippen LogP) is 2.42. The fraction of sp³-hybridized carbons (Fsp3) is 0.364. The molecule has 0 heterocycles. The SMILES string of the molecule is CC(=O)O[C@H]1C(=O)C[C@@H](O)[C@H](OCc2ccccc2)[C@H]1OCc1ccccc1. The second-order valence-corrected chi connectivity index (χ2v) is 6.79. The van der Waals surface area contributed by atoms with Gasteiger partial charge in [-0.3, -0.25) is 9.59 Å². The van der Waals surface area contributed by atoms with Crippen molar-refractivity contribution in [3.05, 3.63) is 71.8 Å². The number of esters is 1. The highest BCUT2D eigenvalue weighted by molar-refractivity contribution is 5.87. The van der Waals surface area contributed by atoms with Gasteiger partial charge in [-0.25, -0.2) is 0 Å². The number of carbonyl (C=O) groups is 2. The number of benzene rings is 2. The third-order valence-corrected chi connectivity index (χ3v) is 4.59. The van der Waals surface area contributed by atoms with Crippen LogP contribution in [0.2, 0.25) is 0 Å². The van der Waals surface area contributed by atoms with Crippen molar-refractivity contribution in [3.63, 3.8) is 0 Å². The van der Waals surface area contributed by atoms with Crippen molar-refractivity contribution >= 4 is 11.8 Å². The highest BCUT2D eigenvalue weighted by Gasteiger charge is 2.47. The Balaban J connectivity index is 1.77. The highest BCUT2D eigenvalue weighted by atomic mass is 16.6. The highest BCUT2D eigenvalue weighted by Crippen LogP contribution is 2.27. The van der Waals surface area contributed by atoms with Crippen LogP contribution >= 0.6 is 0 Å². The van der Waals surface area contributed by atoms with Gasteiger partial charge >= 0.3 is 5.97 Å². The van der Waals surface area contributed by atoms with E-state index in [2.05, 4.69) is 0 Å². The van der Waals surface area contributed by atoms with Gasteiger partial charge in [0.2, 0.25) is 0 Å². The molecule has 148 valence electrons. The maximum absolute atomic E-state index is 12.4. The zero-order chi connectivity index (χ0) is 19.9. The molecule has 2 aromatic carbocycles. The van der Waals surface area contributed by atoms with Crippen LogP contribution in [0.5, 0.6) is 0 Å². The predicted molar refractivity (Wildman–Crippen MR) is 101 cm³/mol. The molecule has 0 bridgehead atoms. The maximum Gasteiger partial charge on any atom is 0.303 e. The molecular weight excluding hydrogens is 360 g/mol. The van der Waals surface area contributed by atoms with E-state index in [9.17, 15) is 14.7 Å². The van der Waals surface area contributed by atoms with E-state index in [0.29, 0.717) is 0 Å². The number of ketones is 1. The molecule has 1 aliphatic rings. The summed E-state index contributed by atoms with van der Waals surface area (Å²) in [7, 11) is 0. The van der Waals surface area contributed by atoms with Crippen LogP contribution in [-0.4, -0.2) is 41.3 Å². The fourth-order valence-corrected chi connectivity index (χ4v) is 3.25. The normalized spacial score (nSPS) is 24.7. The Bertz CT molecular complexity index is 776. The Kier molecular flexibility index (Phi) is 6.92. The Labute approximate surface area is 164 Å². The van der Waals surface area contributed by atoms with Crippen LogP contribution in [0.3, 0.4) is 0 Å². The summed E-state index contributed by atoms with van der Waals surface area (Å²) in [5.74, 6) is -0.954. The summed E-state index contributed by atoms with van der Waals surface area (Å²) in [6, 6.07) is 18.9. The van der Waals surface area contributed by atoms with Crippen molar-refractivity contribution in [2.45, 2.75) is 51.0 Å². The molecule has 28 heavy (non-hydrogen) atoms. The number of hydrogen-bond acceptors (Lipinski definition) is 6. The van der Waals surface area contributed by atoms with E-state index in [1.807, 2.05) is 60.7 Å². The molecule has 0 spiro atoms. The van der Waals surface area contributed by atoms with Gasteiger partial charge in [0.25, 0.3) is 0 Å². The summed E-state index contributed by atoms with van der Waals surface area (Å²) in [4.78, 5) is 23.9. The van der Waals surface area contributed by atoms with Crippen molar-refractivity contribution in [2.75, 3.05) is 0 Å². The first-order chi connectivity index (χ1) is 13.5. The molecule has 0 aliphatic heterocycles. The minimum absolute atomic E-state index is 0.150. The Morgan fingerprint density at radius 2 is 1.43 bits per heavy atom. The van der Waals surface area contributed by atoms with Crippen LogP contribution < -0.4 is 0 Å². The van der Waals surface area contributed by atoms with E-state index in [0.717, 1.165) is 11.1 Å². The molecule has 6 heteroatoms. The molecule has 0 unspecified atom stereocenters. The number of aliphatic hydroxyl groups excluding tert-OH is 1. The topological polar surface area (TPSA) is 82.1 Å². The minimum Gasteiger partial charge on any atom is -0.452 e. The molecule has 0 saturated heterocycles. The molecule has 2 aromatic rings. The third kappa shape index (κ3) is 5.25. The lowest BCUT2D eigenvalue weighted by Gasteiger charge is -2.38. The maximum atomic E-state index is 12.4. The number of Topliss-reactive ketones (excluding diaryl/α,β-unsaturated/α-hetero) is 1. The summed E-state index contributed by atoms with van der Waals surface area (Å²) in [6.45, 7) is 1.69. The number of rotatable bonds is 7. The van der Waals surface area contributed by atoms with E-state index in [4.69, 9.17) is 14.2 Å². The lowest BCUT2D eigenvalue weighted by molar-refractivity contribution is -0.202. The van der Waals surface area contributed by atoms with Crippen LogP contribution in [-0.2, 0) is 37.0 Å². The molecule has 1 N–H and O–H groups in total. The van der Waals surface area contributed by atoms with Crippen LogP contribution in [0.25, 0.3) is 0 Å². The van der Waals surface area contributed by atoms with E-state index < -0.39 is 30.4 Å². The number of carbonyl (C=O) groups excluding carboxylic acids is 2. The third-order valence-electron chi connectivity index (χ3n) is 4.59. The van der Waals surface area contributed by atoms with Gasteiger partial charge in [-0.05, 0) is 11.1 Å². The summed E-state index contributed by atoms with van der Waals surface area (Å²) in [5.41, 5.74) is 1.83. The molecule has 0 amide bonds. The van der Waals surface area contributed by atoms with Crippen molar-refractivity contribution in [2.24, 2.45) is 0 Å². The summed E-state index contributed by atoms with van der Waals surface area (Å²) < 4.78 is 17.1. The van der Waals surface area contributed by atoms with Crippen LogP contribution in [0.15, 0.2) is 60.7 Å². The number of aliphatic hydroxyl groups is 1. The van der Waals surface area contributed by atoms with Crippen LogP contribution in [0.4, 0.5) is 0 Å². The summed E-state index contributed by atoms with van der Waals surface area (Å²) in [6.07, 6.45) is -3.99. The van der Waals surface area contributed by atoms with Gasteiger partial charge in [-0.15, -0.1) is 0 Å². The fourth-order valence-electron chi connectivity index (χ4n) is 3.25. The standard InChI is InChI=1S/C22H24O6/c1-15(23)28-21-19(25)12-18(24)20(26-13-16-8-4-2-5-9-16)22(21)27-14-17-10-6-3-7-11-17/h2-11,18,20-22,24H,12-14H2,1H3/t18-,20+,21+,22-/m1/s1. The molecule has 1 saturated carbocycles. The molecule has 1 aliphatic carbocycles. The first-order valence-electron chi connectivity index (χ1n) is 9.23. The zero-order valence-corrected chi connectivity index (χ0v) is 15.7. The number of ether oxygens (including phenoxy) is 3. The van der Waals surface area contributed by atoms with Crippen LogP contribution in [0, 0.1) is 0 Å². The van der Waals surface area contributed by atoms with Gasteiger partial charge < -0.3 is 19.3 Å². The van der Waals surface area contributed by atoms with Crippen molar-refractivity contribution in [3.8, 4) is 0 Å². The van der Waals surface area contributed by atoms with Gasteiger partial charge in [0.15, 0.2) is 11.9 Å². The molecule has 4 atom stereocenters. The monoisotopic (exact) mass is 384 g/mol. The first kappa shape index (κ1) is 20.2. The van der Waals surface area contributed by atoms with Crippen LogP contribution in [0.1, 0.15) is 24.5 Å². The second kappa shape index (κ2) is 9.59. The smallest absolute Gasteiger partial charge is 0.303 e. The Hall–Kier alpha value is -2.54. The molecule has 6 nitrogen and oxygen atoms in total. The number of hydrogen-bond donors (Lipinski definition) is 1. The van der Waals surface area contributed by atoms with Crippen molar-refractivity contribution in [1.82, 2.24) is 0 Å². The zero-order valence-electron chi connectivity index (χ0n) is 15.7. The molecule has 0 radical (unpaired) electrons.